The highest BCUT2D eigenvalue weighted by Gasteiger charge is 2.11. The SMILES string of the molecule is O=C(CSc1nccn2nc(-c3ccccc3)cc12)Nc1ccc(F)cc1. The minimum Gasteiger partial charge on any atom is -0.325 e. The zero-order valence-electron chi connectivity index (χ0n) is 14.2. The average molecular weight is 378 g/mol. The number of aromatic nitrogens is 3. The van der Waals surface area contributed by atoms with Gasteiger partial charge in [-0.25, -0.2) is 13.9 Å². The van der Waals surface area contributed by atoms with Crippen molar-refractivity contribution in [1.29, 1.82) is 0 Å². The molecule has 0 atom stereocenters. The third-order valence-electron chi connectivity index (χ3n) is 3.89. The van der Waals surface area contributed by atoms with E-state index >= 15 is 0 Å². The van der Waals surface area contributed by atoms with Gasteiger partial charge in [0.2, 0.25) is 5.91 Å². The largest absolute Gasteiger partial charge is 0.325 e. The number of hydrogen-bond acceptors (Lipinski definition) is 4. The van der Waals surface area contributed by atoms with Gasteiger partial charge in [-0.15, -0.1) is 0 Å². The van der Waals surface area contributed by atoms with E-state index in [9.17, 15) is 9.18 Å². The van der Waals surface area contributed by atoms with Gasteiger partial charge in [-0.05, 0) is 30.3 Å². The van der Waals surface area contributed by atoms with Gasteiger partial charge in [0.05, 0.1) is 17.0 Å². The molecule has 2 aromatic carbocycles. The van der Waals surface area contributed by atoms with E-state index in [0.717, 1.165) is 21.8 Å². The molecule has 4 aromatic rings. The van der Waals surface area contributed by atoms with Crippen molar-refractivity contribution in [3.05, 3.63) is 78.9 Å². The highest BCUT2D eigenvalue weighted by molar-refractivity contribution is 8.00. The zero-order valence-corrected chi connectivity index (χ0v) is 15.0. The molecule has 2 aromatic heterocycles. The van der Waals surface area contributed by atoms with Crippen LogP contribution in [-0.4, -0.2) is 26.3 Å². The Morgan fingerprint density at radius 2 is 1.89 bits per heavy atom. The van der Waals surface area contributed by atoms with Crippen LogP contribution in [0.2, 0.25) is 0 Å². The van der Waals surface area contributed by atoms with Gasteiger partial charge < -0.3 is 5.32 Å². The van der Waals surface area contributed by atoms with Crippen molar-refractivity contribution < 1.29 is 9.18 Å². The Labute approximate surface area is 159 Å². The Bertz CT molecular complexity index is 1080. The van der Waals surface area contributed by atoms with Crippen LogP contribution in [0.15, 0.2) is 78.1 Å². The van der Waals surface area contributed by atoms with Crippen LogP contribution in [-0.2, 0) is 4.79 Å². The second kappa shape index (κ2) is 7.59. The molecule has 0 aliphatic rings. The number of carbonyl (C=O) groups excluding carboxylic acids is 1. The number of amides is 1. The van der Waals surface area contributed by atoms with Crippen molar-refractivity contribution in [3.63, 3.8) is 0 Å². The van der Waals surface area contributed by atoms with E-state index in [1.165, 1.54) is 36.0 Å². The molecule has 27 heavy (non-hydrogen) atoms. The van der Waals surface area contributed by atoms with E-state index in [4.69, 9.17) is 0 Å². The number of thioether (sulfide) groups is 1. The fraction of sp³-hybridized carbons (Fsp3) is 0.0500. The van der Waals surface area contributed by atoms with E-state index in [1.54, 1.807) is 16.9 Å². The Morgan fingerprint density at radius 1 is 1.11 bits per heavy atom. The molecule has 0 bridgehead atoms. The van der Waals surface area contributed by atoms with Gasteiger partial charge in [0.1, 0.15) is 10.8 Å². The standard InChI is InChI=1S/C20H15FN4OS/c21-15-6-8-16(9-7-15)23-19(26)13-27-20-18-12-17(14-4-2-1-3-5-14)24-25(18)11-10-22-20/h1-12H,13H2,(H,23,26). The molecule has 0 unspecified atom stereocenters. The van der Waals surface area contributed by atoms with Crippen molar-refractivity contribution in [2.75, 3.05) is 11.1 Å². The molecular weight excluding hydrogens is 363 g/mol. The predicted molar refractivity (Wildman–Crippen MR) is 104 cm³/mol. The third kappa shape index (κ3) is 3.98. The van der Waals surface area contributed by atoms with Gasteiger partial charge in [-0.3, -0.25) is 4.79 Å². The summed E-state index contributed by atoms with van der Waals surface area (Å²) in [5.74, 6) is -0.331. The van der Waals surface area contributed by atoms with Crippen LogP contribution in [0.4, 0.5) is 10.1 Å². The zero-order chi connectivity index (χ0) is 18.6. The van der Waals surface area contributed by atoms with E-state index in [0.29, 0.717) is 5.69 Å². The van der Waals surface area contributed by atoms with Gasteiger partial charge in [-0.2, -0.15) is 5.10 Å². The summed E-state index contributed by atoms with van der Waals surface area (Å²) in [6.07, 6.45) is 3.44. The number of benzene rings is 2. The summed E-state index contributed by atoms with van der Waals surface area (Å²) in [7, 11) is 0. The molecule has 1 amide bonds. The van der Waals surface area contributed by atoms with Crippen LogP contribution < -0.4 is 5.32 Å². The van der Waals surface area contributed by atoms with Crippen LogP contribution >= 0.6 is 11.8 Å². The molecular formula is C20H15FN4OS. The van der Waals surface area contributed by atoms with Crippen LogP contribution in [0, 0.1) is 5.82 Å². The number of nitrogens with zero attached hydrogens (tertiary/aromatic N) is 3. The lowest BCUT2D eigenvalue weighted by Crippen LogP contribution is -2.14. The van der Waals surface area contributed by atoms with Gasteiger partial charge in [0.15, 0.2) is 0 Å². The van der Waals surface area contributed by atoms with Gasteiger partial charge in [0, 0.05) is 23.6 Å². The Hall–Kier alpha value is -3.19. The second-order valence-electron chi connectivity index (χ2n) is 5.80. The predicted octanol–water partition coefficient (Wildman–Crippen LogP) is 4.27. The molecule has 0 fully saturated rings. The molecule has 2 heterocycles. The molecule has 4 rings (SSSR count). The lowest BCUT2D eigenvalue weighted by Gasteiger charge is -2.05. The molecule has 0 radical (unpaired) electrons. The summed E-state index contributed by atoms with van der Waals surface area (Å²) in [6.45, 7) is 0. The summed E-state index contributed by atoms with van der Waals surface area (Å²) in [4.78, 5) is 16.5. The topological polar surface area (TPSA) is 59.3 Å². The van der Waals surface area contributed by atoms with Gasteiger partial charge >= 0.3 is 0 Å². The van der Waals surface area contributed by atoms with E-state index < -0.39 is 0 Å². The summed E-state index contributed by atoms with van der Waals surface area (Å²) in [5, 5.41) is 8.04. The van der Waals surface area contributed by atoms with E-state index in [-0.39, 0.29) is 17.5 Å². The highest BCUT2D eigenvalue weighted by atomic mass is 32.2. The molecule has 0 saturated carbocycles. The summed E-state index contributed by atoms with van der Waals surface area (Å²) in [6, 6.07) is 17.5. The molecule has 0 saturated heterocycles. The molecule has 7 heteroatoms. The fourth-order valence-corrected chi connectivity index (χ4v) is 3.40. The summed E-state index contributed by atoms with van der Waals surface area (Å²) >= 11 is 1.33. The van der Waals surface area contributed by atoms with Crippen LogP contribution in [0.3, 0.4) is 0 Å². The van der Waals surface area contributed by atoms with E-state index in [1.807, 2.05) is 36.4 Å². The summed E-state index contributed by atoms with van der Waals surface area (Å²) < 4.78 is 14.7. The smallest absolute Gasteiger partial charge is 0.234 e. The minimum absolute atomic E-state index is 0.182. The first kappa shape index (κ1) is 17.2. The monoisotopic (exact) mass is 378 g/mol. The number of halogens is 1. The Morgan fingerprint density at radius 3 is 2.67 bits per heavy atom. The van der Waals surface area contributed by atoms with Crippen molar-refractivity contribution >= 4 is 28.9 Å². The van der Waals surface area contributed by atoms with Gasteiger partial charge in [-0.1, -0.05) is 42.1 Å². The van der Waals surface area contributed by atoms with E-state index in [2.05, 4.69) is 15.4 Å². The maximum atomic E-state index is 12.9. The number of anilines is 1. The number of hydrogen-bond donors (Lipinski definition) is 1. The highest BCUT2D eigenvalue weighted by Crippen LogP contribution is 2.26. The first-order chi connectivity index (χ1) is 13.2. The lowest BCUT2D eigenvalue weighted by molar-refractivity contribution is -0.113. The molecule has 134 valence electrons. The number of rotatable bonds is 5. The van der Waals surface area contributed by atoms with Gasteiger partial charge in [0.25, 0.3) is 0 Å². The van der Waals surface area contributed by atoms with Crippen molar-refractivity contribution in [2.24, 2.45) is 0 Å². The number of nitrogens with one attached hydrogen (secondary N) is 1. The maximum Gasteiger partial charge on any atom is 0.234 e. The Balaban J connectivity index is 1.49. The number of carbonyl (C=O) groups is 1. The van der Waals surface area contributed by atoms with Crippen molar-refractivity contribution in [1.82, 2.24) is 14.6 Å². The second-order valence-corrected chi connectivity index (χ2v) is 6.77. The average Bonchev–Trinajstić information content (AvgIpc) is 3.14. The Kier molecular flexibility index (Phi) is 4.84. The first-order valence-corrected chi connectivity index (χ1v) is 9.26. The third-order valence-corrected chi connectivity index (χ3v) is 4.89. The molecule has 0 aliphatic heterocycles. The van der Waals surface area contributed by atoms with Crippen LogP contribution in [0.1, 0.15) is 0 Å². The van der Waals surface area contributed by atoms with Crippen molar-refractivity contribution in [3.8, 4) is 11.3 Å². The minimum atomic E-state index is -0.340. The molecule has 0 spiro atoms. The lowest BCUT2D eigenvalue weighted by atomic mass is 10.1. The first-order valence-electron chi connectivity index (χ1n) is 8.27. The maximum absolute atomic E-state index is 12.9. The normalized spacial score (nSPS) is 10.9. The molecule has 5 nitrogen and oxygen atoms in total. The summed E-state index contributed by atoms with van der Waals surface area (Å²) in [5.41, 5.74) is 3.27. The van der Waals surface area contributed by atoms with Crippen LogP contribution in [0.5, 0.6) is 0 Å². The fourth-order valence-electron chi connectivity index (χ4n) is 2.62. The van der Waals surface area contributed by atoms with Crippen molar-refractivity contribution in [2.45, 2.75) is 5.03 Å². The number of fused-ring (bicyclic) bond motifs is 1. The van der Waals surface area contributed by atoms with Crippen LogP contribution in [0.25, 0.3) is 16.8 Å². The molecule has 0 aliphatic carbocycles. The quantitative estimate of drug-likeness (QED) is 0.527. The molecule has 1 N–H and O–H groups in total.